The SMILES string of the molecule is CCOc1c(C)c(OC(=O)c2ccccc2)c2ccccc2c1OC(=O)c1ccccc1. The molecule has 32 heavy (non-hydrogen) atoms. The molecule has 0 aliphatic heterocycles. The molecule has 0 radical (unpaired) electrons. The number of carbonyl (C=O) groups excluding carboxylic acids is 2. The van der Waals surface area contributed by atoms with E-state index in [4.69, 9.17) is 14.2 Å². The third-order valence-electron chi connectivity index (χ3n) is 5.00. The predicted molar refractivity (Wildman–Crippen MR) is 123 cm³/mol. The lowest BCUT2D eigenvalue weighted by Crippen LogP contribution is -2.13. The van der Waals surface area contributed by atoms with Crippen LogP contribution in [0.1, 0.15) is 33.2 Å². The van der Waals surface area contributed by atoms with Gasteiger partial charge in [-0.15, -0.1) is 0 Å². The summed E-state index contributed by atoms with van der Waals surface area (Å²) in [5.74, 6) is 0.0672. The molecule has 0 bridgehead atoms. The van der Waals surface area contributed by atoms with E-state index in [-0.39, 0.29) is 0 Å². The molecule has 160 valence electrons. The van der Waals surface area contributed by atoms with Crippen LogP contribution in [0.3, 0.4) is 0 Å². The number of ether oxygens (including phenoxy) is 3. The molecule has 0 fully saturated rings. The predicted octanol–water partition coefficient (Wildman–Crippen LogP) is 5.99. The van der Waals surface area contributed by atoms with Crippen LogP contribution in [0.2, 0.25) is 0 Å². The number of hydrogen-bond acceptors (Lipinski definition) is 5. The van der Waals surface area contributed by atoms with E-state index in [1.807, 2.05) is 43.3 Å². The number of hydrogen-bond donors (Lipinski definition) is 0. The molecule has 5 heteroatoms. The highest BCUT2D eigenvalue weighted by Gasteiger charge is 2.24. The Balaban J connectivity index is 1.83. The van der Waals surface area contributed by atoms with Gasteiger partial charge in [-0.25, -0.2) is 9.59 Å². The second-order valence-corrected chi connectivity index (χ2v) is 7.10. The van der Waals surface area contributed by atoms with Crippen LogP contribution < -0.4 is 14.2 Å². The van der Waals surface area contributed by atoms with E-state index in [9.17, 15) is 9.59 Å². The monoisotopic (exact) mass is 426 g/mol. The molecule has 5 nitrogen and oxygen atoms in total. The summed E-state index contributed by atoms with van der Waals surface area (Å²) in [6, 6.07) is 24.8. The maximum atomic E-state index is 12.8. The number of benzene rings is 4. The average Bonchev–Trinajstić information content (AvgIpc) is 2.84. The fourth-order valence-corrected chi connectivity index (χ4v) is 3.48. The minimum absolute atomic E-state index is 0.299. The summed E-state index contributed by atoms with van der Waals surface area (Å²) in [6.45, 7) is 3.97. The lowest BCUT2D eigenvalue weighted by molar-refractivity contribution is 0.0717. The molecule has 0 spiro atoms. The van der Waals surface area contributed by atoms with Crippen LogP contribution in [0.15, 0.2) is 84.9 Å². The molecule has 0 atom stereocenters. The summed E-state index contributed by atoms with van der Waals surface area (Å²) in [4.78, 5) is 25.6. The zero-order chi connectivity index (χ0) is 22.5. The van der Waals surface area contributed by atoms with Crippen LogP contribution in [-0.2, 0) is 0 Å². The van der Waals surface area contributed by atoms with Gasteiger partial charge in [0, 0.05) is 16.3 Å². The molecular formula is C27H22O5. The van der Waals surface area contributed by atoms with Crippen molar-refractivity contribution < 1.29 is 23.8 Å². The standard InChI is InChI=1S/C27H22O5/c1-3-30-24-18(2)23(31-26(28)19-12-6-4-7-13-19)21-16-10-11-17-22(21)25(24)32-27(29)20-14-8-5-9-15-20/h4-17H,3H2,1-2H3. The van der Waals surface area contributed by atoms with E-state index in [1.54, 1.807) is 55.5 Å². The molecule has 0 saturated heterocycles. The summed E-state index contributed by atoms with van der Waals surface area (Å²) >= 11 is 0. The summed E-state index contributed by atoms with van der Waals surface area (Å²) in [5, 5.41) is 1.26. The molecule has 0 aromatic heterocycles. The summed E-state index contributed by atoms with van der Waals surface area (Å²) < 4.78 is 17.5. The van der Waals surface area contributed by atoms with Gasteiger partial charge in [0.25, 0.3) is 0 Å². The first kappa shape index (κ1) is 21.1. The lowest BCUT2D eigenvalue weighted by atomic mass is 10.0. The van der Waals surface area contributed by atoms with E-state index < -0.39 is 11.9 Å². The summed E-state index contributed by atoms with van der Waals surface area (Å²) in [6.07, 6.45) is 0. The number of rotatable bonds is 6. The Morgan fingerprint density at radius 2 is 1.06 bits per heavy atom. The van der Waals surface area contributed by atoms with Gasteiger partial charge in [-0.2, -0.15) is 0 Å². The fraction of sp³-hybridized carbons (Fsp3) is 0.111. The Kier molecular flexibility index (Phi) is 6.17. The van der Waals surface area contributed by atoms with Gasteiger partial charge in [-0.05, 0) is 38.1 Å². The van der Waals surface area contributed by atoms with Gasteiger partial charge >= 0.3 is 11.9 Å². The van der Waals surface area contributed by atoms with Gasteiger partial charge in [0.15, 0.2) is 11.5 Å². The van der Waals surface area contributed by atoms with Crippen molar-refractivity contribution in [2.75, 3.05) is 6.61 Å². The highest BCUT2D eigenvalue weighted by molar-refractivity contribution is 6.02. The zero-order valence-corrected chi connectivity index (χ0v) is 17.8. The Hall–Kier alpha value is -4.12. The van der Waals surface area contributed by atoms with E-state index in [2.05, 4.69) is 0 Å². The molecule has 0 saturated carbocycles. The maximum absolute atomic E-state index is 12.8. The maximum Gasteiger partial charge on any atom is 0.343 e. The van der Waals surface area contributed by atoms with Crippen molar-refractivity contribution in [2.45, 2.75) is 13.8 Å². The Bertz CT molecular complexity index is 1260. The van der Waals surface area contributed by atoms with Gasteiger partial charge in [-0.3, -0.25) is 0 Å². The molecule has 0 heterocycles. The second-order valence-electron chi connectivity index (χ2n) is 7.10. The smallest absolute Gasteiger partial charge is 0.343 e. The van der Waals surface area contributed by atoms with Crippen LogP contribution in [0.5, 0.6) is 17.2 Å². The zero-order valence-electron chi connectivity index (χ0n) is 17.8. The molecule has 0 N–H and O–H groups in total. The molecular weight excluding hydrogens is 404 g/mol. The summed E-state index contributed by atoms with van der Waals surface area (Å²) in [5.41, 5.74) is 1.44. The second kappa shape index (κ2) is 9.35. The number of fused-ring (bicyclic) bond motifs is 1. The van der Waals surface area contributed by atoms with Crippen molar-refractivity contribution in [1.82, 2.24) is 0 Å². The fourth-order valence-electron chi connectivity index (χ4n) is 3.48. The molecule has 4 rings (SSSR count). The van der Waals surface area contributed by atoms with Gasteiger partial charge in [0.05, 0.1) is 17.7 Å². The van der Waals surface area contributed by atoms with Crippen LogP contribution in [0.4, 0.5) is 0 Å². The van der Waals surface area contributed by atoms with Gasteiger partial charge in [0.2, 0.25) is 0 Å². The first-order valence-electron chi connectivity index (χ1n) is 10.3. The van der Waals surface area contributed by atoms with Gasteiger partial charge in [0.1, 0.15) is 5.75 Å². The van der Waals surface area contributed by atoms with Crippen molar-refractivity contribution in [3.05, 3.63) is 102 Å². The number of carbonyl (C=O) groups is 2. The van der Waals surface area contributed by atoms with Crippen molar-refractivity contribution in [3.63, 3.8) is 0 Å². The summed E-state index contributed by atoms with van der Waals surface area (Å²) in [7, 11) is 0. The normalized spacial score (nSPS) is 10.6. The minimum atomic E-state index is -0.495. The first-order valence-corrected chi connectivity index (χ1v) is 10.3. The lowest BCUT2D eigenvalue weighted by Gasteiger charge is -2.19. The van der Waals surface area contributed by atoms with Crippen molar-refractivity contribution in [3.8, 4) is 17.2 Å². The Morgan fingerprint density at radius 3 is 1.56 bits per heavy atom. The van der Waals surface area contributed by atoms with E-state index in [1.165, 1.54) is 0 Å². The van der Waals surface area contributed by atoms with Gasteiger partial charge in [-0.1, -0.05) is 60.7 Å². The van der Waals surface area contributed by atoms with E-state index >= 15 is 0 Å². The Morgan fingerprint density at radius 1 is 0.625 bits per heavy atom. The molecule has 0 amide bonds. The van der Waals surface area contributed by atoms with Crippen molar-refractivity contribution in [1.29, 1.82) is 0 Å². The van der Waals surface area contributed by atoms with Crippen LogP contribution in [0, 0.1) is 6.92 Å². The van der Waals surface area contributed by atoms with Crippen LogP contribution >= 0.6 is 0 Å². The molecule has 4 aromatic rings. The van der Waals surface area contributed by atoms with Crippen molar-refractivity contribution >= 4 is 22.7 Å². The topological polar surface area (TPSA) is 61.8 Å². The van der Waals surface area contributed by atoms with E-state index in [0.717, 1.165) is 0 Å². The number of esters is 2. The highest BCUT2D eigenvalue weighted by Crippen LogP contribution is 2.46. The van der Waals surface area contributed by atoms with Crippen molar-refractivity contribution in [2.24, 2.45) is 0 Å². The largest absolute Gasteiger partial charge is 0.490 e. The molecule has 4 aromatic carbocycles. The molecule has 0 aliphatic rings. The van der Waals surface area contributed by atoms with Gasteiger partial charge < -0.3 is 14.2 Å². The van der Waals surface area contributed by atoms with Crippen LogP contribution in [0.25, 0.3) is 10.8 Å². The highest BCUT2D eigenvalue weighted by atomic mass is 16.6. The Labute approximate surface area is 186 Å². The first-order chi connectivity index (χ1) is 15.6. The van der Waals surface area contributed by atoms with E-state index in [0.29, 0.717) is 51.3 Å². The quantitative estimate of drug-likeness (QED) is 0.280. The average molecular weight is 426 g/mol. The molecule has 0 unspecified atom stereocenters. The molecule has 0 aliphatic carbocycles. The third kappa shape index (κ3) is 4.18. The minimum Gasteiger partial charge on any atom is -0.490 e. The van der Waals surface area contributed by atoms with Crippen LogP contribution in [-0.4, -0.2) is 18.5 Å². The third-order valence-corrected chi connectivity index (χ3v) is 5.00.